The summed E-state index contributed by atoms with van der Waals surface area (Å²) in [6.07, 6.45) is 6.59. The molecule has 1 aromatic carbocycles. The van der Waals surface area contributed by atoms with Gasteiger partial charge in [-0.1, -0.05) is 32.4 Å². The van der Waals surface area contributed by atoms with Gasteiger partial charge in [0, 0.05) is 22.8 Å². The van der Waals surface area contributed by atoms with Crippen molar-refractivity contribution in [1.29, 1.82) is 0 Å². The molecule has 0 aliphatic carbocycles. The minimum Gasteiger partial charge on any atom is -0.384 e. The van der Waals surface area contributed by atoms with Crippen LogP contribution >= 0.6 is 11.8 Å². The van der Waals surface area contributed by atoms with E-state index in [2.05, 4.69) is 53.6 Å². The van der Waals surface area contributed by atoms with Crippen LogP contribution in [0.4, 0.5) is 5.69 Å². The zero-order chi connectivity index (χ0) is 14.9. The van der Waals surface area contributed by atoms with Gasteiger partial charge in [-0.3, -0.25) is 5.10 Å². The normalized spacial score (nSPS) is 13.4. The first-order valence-corrected chi connectivity index (χ1v) is 8.80. The molecular formula is C17H25N3S. The Morgan fingerprint density at radius 2 is 2.10 bits per heavy atom. The number of aryl methyl sites for hydroxylation is 2. The Morgan fingerprint density at radius 3 is 2.90 bits per heavy atom. The molecule has 1 aliphatic rings. The van der Waals surface area contributed by atoms with Gasteiger partial charge in [0.15, 0.2) is 0 Å². The van der Waals surface area contributed by atoms with Crippen molar-refractivity contribution in [3.05, 3.63) is 41.7 Å². The summed E-state index contributed by atoms with van der Waals surface area (Å²) in [5, 5.41) is 10.4. The number of fused-ring (bicyclic) bond motifs is 1. The maximum absolute atomic E-state index is 3.99. The summed E-state index contributed by atoms with van der Waals surface area (Å²) in [7, 11) is 0. The van der Waals surface area contributed by atoms with Crippen molar-refractivity contribution in [3.8, 4) is 0 Å². The van der Waals surface area contributed by atoms with Gasteiger partial charge >= 0.3 is 0 Å². The molecule has 21 heavy (non-hydrogen) atoms. The molecule has 0 spiro atoms. The fourth-order valence-corrected chi connectivity index (χ4v) is 3.30. The van der Waals surface area contributed by atoms with E-state index in [1.807, 2.05) is 18.0 Å². The van der Waals surface area contributed by atoms with Gasteiger partial charge < -0.3 is 5.32 Å². The van der Waals surface area contributed by atoms with Crippen LogP contribution in [0, 0.1) is 0 Å². The standard InChI is InChI=1S/C9H11NS.C8H14N2/c1-2-5-9-8(4-1)10-6-3-7-11-9;1-3-5-8-7(4-2)6-9-10-8/h1-2,4-5,10H,3,6-7H2;6H,3-5H2,1-2H3,(H,9,10). The smallest absolute Gasteiger partial charge is 0.0522 e. The number of hydrogen-bond acceptors (Lipinski definition) is 3. The van der Waals surface area contributed by atoms with Crippen LogP contribution < -0.4 is 5.32 Å². The van der Waals surface area contributed by atoms with Crippen LogP contribution in [0.1, 0.15) is 37.9 Å². The number of nitrogens with one attached hydrogen (secondary N) is 2. The molecule has 3 rings (SSSR count). The van der Waals surface area contributed by atoms with E-state index in [1.165, 1.54) is 40.4 Å². The van der Waals surface area contributed by atoms with Gasteiger partial charge in [0.05, 0.1) is 6.20 Å². The number of anilines is 1. The predicted molar refractivity (Wildman–Crippen MR) is 92.2 cm³/mol. The number of thioether (sulfide) groups is 1. The highest BCUT2D eigenvalue weighted by atomic mass is 32.2. The van der Waals surface area contributed by atoms with Gasteiger partial charge in [-0.15, -0.1) is 11.8 Å². The zero-order valence-corrected chi connectivity index (χ0v) is 13.8. The van der Waals surface area contributed by atoms with Crippen molar-refractivity contribution in [2.45, 2.75) is 44.4 Å². The third kappa shape index (κ3) is 4.81. The first kappa shape index (κ1) is 16.0. The highest BCUT2D eigenvalue weighted by Crippen LogP contribution is 2.29. The van der Waals surface area contributed by atoms with Crippen molar-refractivity contribution in [1.82, 2.24) is 10.2 Å². The number of nitrogens with zero attached hydrogens (tertiary/aromatic N) is 1. The average Bonchev–Trinajstić information content (AvgIpc) is 2.83. The van der Waals surface area contributed by atoms with Crippen LogP contribution in [0.25, 0.3) is 0 Å². The topological polar surface area (TPSA) is 40.7 Å². The van der Waals surface area contributed by atoms with Crippen molar-refractivity contribution in [3.63, 3.8) is 0 Å². The molecule has 0 radical (unpaired) electrons. The fourth-order valence-electron chi connectivity index (χ4n) is 2.32. The molecule has 0 bridgehead atoms. The maximum atomic E-state index is 3.99. The average molecular weight is 303 g/mol. The second-order valence-electron chi connectivity index (χ2n) is 5.10. The van der Waals surface area contributed by atoms with Gasteiger partial charge in [0.2, 0.25) is 0 Å². The van der Waals surface area contributed by atoms with Crippen molar-refractivity contribution in [2.24, 2.45) is 0 Å². The molecule has 0 amide bonds. The Hall–Kier alpha value is -1.42. The molecule has 4 heteroatoms. The van der Waals surface area contributed by atoms with E-state index in [-0.39, 0.29) is 0 Å². The van der Waals surface area contributed by atoms with E-state index in [4.69, 9.17) is 0 Å². The third-order valence-corrected chi connectivity index (χ3v) is 4.63. The number of H-pyrrole nitrogens is 1. The molecule has 0 atom stereocenters. The minimum atomic E-state index is 1.09. The molecule has 3 nitrogen and oxygen atoms in total. The Kier molecular flexibility index (Phi) is 6.67. The quantitative estimate of drug-likeness (QED) is 0.876. The summed E-state index contributed by atoms with van der Waals surface area (Å²) in [5.74, 6) is 1.24. The van der Waals surface area contributed by atoms with E-state index >= 15 is 0 Å². The molecular weight excluding hydrogens is 278 g/mol. The lowest BCUT2D eigenvalue weighted by atomic mass is 10.1. The lowest BCUT2D eigenvalue weighted by molar-refractivity contribution is 0.854. The Bertz CT molecular complexity index is 511. The summed E-state index contributed by atoms with van der Waals surface area (Å²) < 4.78 is 0. The molecule has 114 valence electrons. The van der Waals surface area contributed by atoms with E-state index in [1.54, 1.807) is 0 Å². The minimum absolute atomic E-state index is 1.09. The van der Waals surface area contributed by atoms with Crippen molar-refractivity contribution in [2.75, 3.05) is 17.6 Å². The third-order valence-electron chi connectivity index (χ3n) is 3.47. The zero-order valence-electron chi connectivity index (χ0n) is 13.0. The molecule has 2 heterocycles. The second-order valence-corrected chi connectivity index (χ2v) is 6.24. The first-order chi connectivity index (χ1) is 10.3. The van der Waals surface area contributed by atoms with Crippen LogP contribution in [-0.2, 0) is 12.8 Å². The van der Waals surface area contributed by atoms with Crippen LogP contribution in [0.15, 0.2) is 35.4 Å². The summed E-state index contributed by atoms with van der Waals surface area (Å²) in [6, 6.07) is 8.50. The molecule has 2 N–H and O–H groups in total. The van der Waals surface area contributed by atoms with Crippen LogP contribution in [0.3, 0.4) is 0 Å². The summed E-state index contributed by atoms with van der Waals surface area (Å²) in [5.41, 5.74) is 3.97. The van der Waals surface area contributed by atoms with E-state index in [0.717, 1.165) is 19.4 Å². The second kappa shape index (κ2) is 8.78. The molecule has 2 aromatic rings. The molecule has 0 fully saturated rings. The van der Waals surface area contributed by atoms with Crippen molar-refractivity contribution >= 4 is 17.4 Å². The lowest BCUT2D eigenvalue weighted by Gasteiger charge is -2.04. The van der Waals surface area contributed by atoms with Crippen LogP contribution in [-0.4, -0.2) is 22.5 Å². The van der Waals surface area contributed by atoms with Crippen LogP contribution in [0.5, 0.6) is 0 Å². The summed E-state index contributed by atoms with van der Waals surface area (Å²) in [6.45, 7) is 5.45. The van der Waals surface area contributed by atoms with Crippen molar-refractivity contribution < 1.29 is 0 Å². The number of para-hydroxylation sites is 1. The number of hydrogen-bond donors (Lipinski definition) is 2. The Labute approximate surface area is 131 Å². The molecule has 1 aliphatic heterocycles. The molecule has 0 saturated carbocycles. The van der Waals surface area contributed by atoms with Gasteiger partial charge in [0.1, 0.15) is 0 Å². The number of benzene rings is 1. The molecule has 0 unspecified atom stereocenters. The van der Waals surface area contributed by atoms with Gasteiger partial charge in [-0.25, -0.2) is 0 Å². The van der Waals surface area contributed by atoms with E-state index < -0.39 is 0 Å². The highest BCUT2D eigenvalue weighted by molar-refractivity contribution is 7.99. The first-order valence-electron chi connectivity index (χ1n) is 7.82. The van der Waals surface area contributed by atoms with Crippen LogP contribution in [0.2, 0.25) is 0 Å². The van der Waals surface area contributed by atoms with Gasteiger partial charge in [-0.05, 0) is 42.7 Å². The monoisotopic (exact) mass is 303 g/mol. The lowest BCUT2D eigenvalue weighted by Crippen LogP contribution is -1.99. The predicted octanol–water partition coefficient (Wildman–Crippen LogP) is 4.52. The number of aromatic nitrogens is 2. The molecule has 1 aromatic heterocycles. The number of rotatable bonds is 3. The summed E-state index contributed by atoms with van der Waals surface area (Å²) >= 11 is 1.95. The van der Waals surface area contributed by atoms with E-state index in [9.17, 15) is 0 Å². The highest BCUT2D eigenvalue weighted by Gasteiger charge is 2.04. The Morgan fingerprint density at radius 1 is 1.24 bits per heavy atom. The Balaban J connectivity index is 0.000000155. The SMILES string of the molecule is CCCc1[nH]ncc1CC.c1ccc2c(c1)NCCCS2. The fraction of sp³-hybridized carbons (Fsp3) is 0.471. The molecule has 0 saturated heterocycles. The number of aromatic amines is 1. The maximum Gasteiger partial charge on any atom is 0.0522 e. The largest absolute Gasteiger partial charge is 0.384 e. The van der Waals surface area contributed by atoms with E-state index in [0.29, 0.717) is 0 Å². The van der Waals surface area contributed by atoms with Gasteiger partial charge in [0.25, 0.3) is 0 Å². The summed E-state index contributed by atoms with van der Waals surface area (Å²) in [4.78, 5) is 1.39. The van der Waals surface area contributed by atoms with Gasteiger partial charge in [-0.2, -0.15) is 5.10 Å².